The average Bonchev–Trinajstić information content (AvgIpc) is 2.69. The quantitative estimate of drug-likeness (QED) is 0.659. The third-order valence-corrected chi connectivity index (χ3v) is 5.11. The number of esters is 1. The molecule has 0 aliphatic heterocycles. The fourth-order valence-corrected chi connectivity index (χ4v) is 3.60. The summed E-state index contributed by atoms with van der Waals surface area (Å²) in [5.74, 6) is -1.46. The molecule has 0 spiro atoms. The number of amides is 2. The van der Waals surface area contributed by atoms with Gasteiger partial charge in [0.15, 0.2) is 0 Å². The zero-order chi connectivity index (χ0) is 22.3. The molecule has 0 aromatic carbocycles. The van der Waals surface area contributed by atoms with Gasteiger partial charge in [0, 0.05) is 12.4 Å². The van der Waals surface area contributed by atoms with Crippen LogP contribution in [0.1, 0.15) is 77.2 Å². The molecule has 1 saturated carbocycles. The molecule has 1 aliphatic carbocycles. The van der Waals surface area contributed by atoms with Crippen molar-refractivity contribution in [2.24, 2.45) is 11.8 Å². The molecule has 0 radical (unpaired) electrons. The summed E-state index contributed by atoms with van der Waals surface area (Å²) in [7, 11) is 0. The Kier molecular flexibility index (Phi) is 8.32. The Morgan fingerprint density at radius 3 is 2.27 bits per heavy atom. The average molecular weight is 419 g/mol. The Balaban J connectivity index is 2.18. The second-order valence-corrected chi connectivity index (χ2v) is 9.20. The number of carbonyl (C=O) groups is 3. The van der Waals surface area contributed by atoms with E-state index < -0.39 is 29.6 Å². The number of nitrogens with one attached hydrogen (secondary N) is 2. The van der Waals surface area contributed by atoms with Crippen molar-refractivity contribution in [2.45, 2.75) is 84.4 Å². The number of ether oxygens (including phenoxy) is 1. The van der Waals surface area contributed by atoms with E-state index in [2.05, 4.69) is 20.6 Å². The number of hydrogen-bond donors (Lipinski definition) is 2. The van der Waals surface area contributed by atoms with Crippen LogP contribution in [-0.4, -0.2) is 45.4 Å². The Bertz CT molecular complexity index is 724. The summed E-state index contributed by atoms with van der Waals surface area (Å²) in [4.78, 5) is 46.4. The minimum atomic E-state index is -0.795. The Labute approximate surface area is 178 Å². The third kappa shape index (κ3) is 7.07. The molecule has 2 rings (SSSR count). The minimum absolute atomic E-state index is 0.00539. The van der Waals surface area contributed by atoms with Crippen molar-refractivity contribution in [2.75, 3.05) is 0 Å². The van der Waals surface area contributed by atoms with E-state index in [-0.39, 0.29) is 23.4 Å². The standard InChI is InChI=1S/C22H34N4O4/c1-14(2)17(21(29)30-22(3,4)5)25-20(28)18(15-9-7-6-8-10-15)26-19(27)16-13-23-11-12-24-16/h11-15,17-18H,6-10H2,1-5H3,(H,25,28)(H,26,27)/t17?,18-/m0/s1. The lowest BCUT2D eigenvalue weighted by Gasteiger charge is -2.32. The fraction of sp³-hybridized carbons (Fsp3) is 0.682. The summed E-state index contributed by atoms with van der Waals surface area (Å²) < 4.78 is 5.48. The zero-order valence-corrected chi connectivity index (χ0v) is 18.6. The van der Waals surface area contributed by atoms with Gasteiger partial charge in [0.1, 0.15) is 23.4 Å². The van der Waals surface area contributed by atoms with Gasteiger partial charge < -0.3 is 15.4 Å². The molecule has 166 valence electrons. The smallest absolute Gasteiger partial charge is 0.329 e. The molecule has 1 fully saturated rings. The number of aromatic nitrogens is 2. The summed E-state index contributed by atoms with van der Waals surface area (Å²) in [6.07, 6.45) is 9.11. The van der Waals surface area contributed by atoms with Crippen molar-refractivity contribution < 1.29 is 19.1 Å². The maximum absolute atomic E-state index is 13.2. The summed E-state index contributed by atoms with van der Waals surface area (Å²) in [5, 5.41) is 5.66. The van der Waals surface area contributed by atoms with Crippen LogP contribution in [0.15, 0.2) is 18.6 Å². The summed E-state index contributed by atoms with van der Waals surface area (Å²) in [5.41, 5.74) is -0.503. The molecule has 30 heavy (non-hydrogen) atoms. The van der Waals surface area contributed by atoms with Crippen LogP contribution in [0.2, 0.25) is 0 Å². The van der Waals surface area contributed by atoms with Crippen LogP contribution < -0.4 is 10.6 Å². The topological polar surface area (TPSA) is 110 Å². The Morgan fingerprint density at radius 2 is 1.73 bits per heavy atom. The Hall–Kier alpha value is -2.51. The molecular weight excluding hydrogens is 384 g/mol. The lowest BCUT2D eigenvalue weighted by molar-refractivity contribution is -0.160. The Morgan fingerprint density at radius 1 is 1.07 bits per heavy atom. The van der Waals surface area contributed by atoms with Crippen LogP contribution in [0.5, 0.6) is 0 Å². The van der Waals surface area contributed by atoms with E-state index in [1.54, 1.807) is 20.8 Å². The van der Waals surface area contributed by atoms with Gasteiger partial charge in [0.2, 0.25) is 5.91 Å². The molecule has 1 aromatic heterocycles. The first kappa shape index (κ1) is 23.8. The van der Waals surface area contributed by atoms with Gasteiger partial charge in [-0.2, -0.15) is 0 Å². The van der Waals surface area contributed by atoms with Crippen LogP contribution >= 0.6 is 0 Å². The number of hydrogen-bond acceptors (Lipinski definition) is 6. The van der Waals surface area contributed by atoms with Crippen molar-refractivity contribution >= 4 is 17.8 Å². The summed E-state index contributed by atoms with van der Waals surface area (Å²) in [6.45, 7) is 9.06. The zero-order valence-electron chi connectivity index (χ0n) is 18.6. The molecule has 1 heterocycles. The monoisotopic (exact) mass is 418 g/mol. The number of rotatable bonds is 7. The van der Waals surface area contributed by atoms with E-state index in [0.29, 0.717) is 0 Å². The molecule has 0 saturated heterocycles. The van der Waals surface area contributed by atoms with E-state index >= 15 is 0 Å². The van der Waals surface area contributed by atoms with E-state index in [0.717, 1.165) is 32.1 Å². The van der Waals surface area contributed by atoms with Gasteiger partial charge in [-0.05, 0) is 45.4 Å². The highest BCUT2D eigenvalue weighted by atomic mass is 16.6. The highest BCUT2D eigenvalue weighted by molar-refractivity contribution is 5.96. The molecule has 1 aliphatic rings. The van der Waals surface area contributed by atoms with E-state index in [9.17, 15) is 14.4 Å². The second-order valence-electron chi connectivity index (χ2n) is 9.20. The minimum Gasteiger partial charge on any atom is -0.458 e. The normalized spacial score (nSPS) is 17.1. The molecule has 1 aromatic rings. The molecule has 2 amide bonds. The second kappa shape index (κ2) is 10.5. The maximum Gasteiger partial charge on any atom is 0.329 e. The van der Waals surface area contributed by atoms with Crippen LogP contribution in [0.3, 0.4) is 0 Å². The first-order chi connectivity index (χ1) is 14.1. The first-order valence-electron chi connectivity index (χ1n) is 10.7. The lowest BCUT2D eigenvalue weighted by Crippen LogP contribution is -2.56. The van der Waals surface area contributed by atoms with Gasteiger partial charge >= 0.3 is 5.97 Å². The third-order valence-electron chi connectivity index (χ3n) is 5.11. The van der Waals surface area contributed by atoms with Crippen LogP contribution in [0.25, 0.3) is 0 Å². The van der Waals surface area contributed by atoms with E-state index in [1.165, 1.54) is 18.6 Å². The van der Waals surface area contributed by atoms with Crippen LogP contribution in [0.4, 0.5) is 0 Å². The van der Waals surface area contributed by atoms with Crippen molar-refractivity contribution in [3.63, 3.8) is 0 Å². The molecule has 8 nitrogen and oxygen atoms in total. The van der Waals surface area contributed by atoms with Crippen molar-refractivity contribution in [1.82, 2.24) is 20.6 Å². The summed E-state index contributed by atoms with van der Waals surface area (Å²) in [6, 6.07) is -1.54. The summed E-state index contributed by atoms with van der Waals surface area (Å²) >= 11 is 0. The van der Waals surface area contributed by atoms with E-state index in [4.69, 9.17) is 4.74 Å². The van der Waals surface area contributed by atoms with Crippen LogP contribution in [0, 0.1) is 11.8 Å². The van der Waals surface area contributed by atoms with Gasteiger partial charge in [0.25, 0.3) is 5.91 Å². The maximum atomic E-state index is 13.2. The lowest BCUT2D eigenvalue weighted by atomic mass is 9.83. The molecule has 2 atom stereocenters. The van der Waals surface area contributed by atoms with Crippen molar-refractivity contribution in [1.29, 1.82) is 0 Å². The van der Waals surface area contributed by atoms with Gasteiger partial charge in [0.05, 0.1) is 6.20 Å². The van der Waals surface area contributed by atoms with Crippen molar-refractivity contribution in [3.8, 4) is 0 Å². The molecule has 8 heteroatoms. The van der Waals surface area contributed by atoms with Gasteiger partial charge in [-0.1, -0.05) is 33.1 Å². The van der Waals surface area contributed by atoms with Gasteiger partial charge in [-0.25, -0.2) is 9.78 Å². The highest BCUT2D eigenvalue weighted by Crippen LogP contribution is 2.27. The van der Waals surface area contributed by atoms with Crippen LogP contribution in [-0.2, 0) is 14.3 Å². The van der Waals surface area contributed by atoms with Gasteiger partial charge in [-0.15, -0.1) is 0 Å². The predicted octanol–water partition coefficient (Wildman–Crippen LogP) is 2.64. The molecular formula is C22H34N4O4. The molecule has 1 unspecified atom stereocenters. The largest absolute Gasteiger partial charge is 0.458 e. The number of nitrogens with zero attached hydrogens (tertiary/aromatic N) is 2. The highest BCUT2D eigenvalue weighted by Gasteiger charge is 2.36. The van der Waals surface area contributed by atoms with Gasteiger partial charge in [-0.3, -0.25) is 14.6 Å². The predicted molar refractivity (Wildman–Crippen MR) is 112 cm³/mol. The SMILES string of the molecule is CC(C)C(NC(=O)[C@@H](NC(=O)c1cnccn1)C1CCCCC1)C(=O)OC(C)(C)C. The first-order valence-corrected chi connectivity index (χ1v) is 10.7. The number of carbonyl (C=O) groups excluding carboxylic acids is 3. The molecule has 2 N–H and O–H groups in total. The van der Waals surface area contributed by atoms with E-state index in [1.807, 2.05) is 13.8 Å². The fourth-order valence-electron chi connectivity index (χ4n) is 3.60. The van der Waals surface area contributed by atoms with Crippen molar-refractivity contribution in [3.05, 3.63) is 24.3 Å². The molecule has 0 bridgehead atoms.